The quantitative estimate of drug-likeness (QED) is 0.368. The van der Waals surface area contributed by atoms with Gasteiger partial charge in [-0.3, -0.25) is 4.79 Å². The van der Waals surface area contributed by atoms with E-state index in [4.69, 9.17) is 18.9 Å². The summed E-state index contributed by atoms with van der Waals surface area (Å²) in [6, 6.07) is 28.4. The Hall–Kier alpha value is -3.13. The maximum absolute atomic E-state index is 12.9. The molecule has 0 aromatic heterocycles. The molecule has 0 N–H and O–H groups in total. The average molecular weight is 493 g/mol. The van der Waals surface area contributed by atoms with Gasteiger partial charge in [-0.15, -0.1) is 11.8 Å². The minimum Gasteiger partial charge on any atom is -0.451 e. The molecule has 0 amide bonds. The van der Waals surface area contributed by atoms with Crippen LogP contribution in [0.1, 0.15) is 28.4 Å². The van der Waals surface area contributed by atoms with Crippen molar-refractivity contribution in [1.29, 1.82) is 0 Å². The van der Waals surface area contributed by atoms with E-state index in [1.54, 1.807) is 24.3 Å². The number of esters is 2. The second-order valence-corrected chi connectivity index (χ2v) is 9.49. The predicted molar refractivity (Wildman–Crippen MR) is 134 cm³/mol. The van der Waals surface area contributed by atoms with Crippen molar-refractivity contribution in [2.24, 2.45) is 0 Å². The SMILES string of the molecule is CC(=O)OC1S[C@H](COCc2ccccc2)[C@@H](OCc2ccccc2)[C@@H]1OC(=O)c1ccccc1. The van der Waals surface area contributed by atoms with E-state index in [1.807, 2.05) is 66.7 Å². The first-order valence-corrected chi connectivity index (χ1v) is 12.4. The van der Waals surface area contributed by atoms with Crippen LogP contribution in [-0.2, 0) is 37.0 Å². The zero-order valence-electron chi connectivity index (χ0n) is 19.4. The van der Waals surface area contributed by atoms with E-state index >= 15 is 0 Å². The maximum atomic E-state index is 12.9. The number of rotatable bonds is 10. The molecule has 0 spiro atoms. The second-order valence-electron chi connectivity index (χ2n) is 8.15. The summed E-state index contributed by atoms with van der Waals surface area (Å²) in [6.07, 6.45) is -1.32. The Labute approximate surface area is 209 Å². The molecule has 1 aliphatic rings. The van der Waals surface area contributed by atoms with Crippen LogP contribution in [0.5, 0.6) is 0 Å². The maximum Gasteiger partial charge on any atom is 0.338 e. The fourth-order valence-corrected chi connectivity index (χ4v) is 5.27. The van der Waals surface area contributed by atoms with Gasteiger partial charge in [0.15, 0.2) is 11.5 Å². The molecule has 0 radical (unpaired) electrons. The van der Waals surface area contributed by atoms with Crippen LogP contribution in [0.4, 0.5) is 0 Å². The molecular weight excluding hydrogens is 464 g/mol. The van der Waals surface area contributed by atoms with Gasteiger partial charge in [-0.1, -0.05) is 78.9 Å². The number of hydrogen-bond donors (Lipinski definition) is 0. The largest absolute Gasteiger partial charge is 0.451 e. The Morgan fingerprint density at radius 2 is 1.31 bits per heavy atom. The third-order valence-corrected chi connectivity index (χ3v) is 6.87. The summed E-state index contributed by atoms with van der Waals surface area (Å²) in [5, 5.41) is -0.208. The van der Waals surface area contributed by atoms with Crippen molar-refractivity contribution in [2.75, 3.05) is 6.61 Å². The van der Waals surface area contributed by atoms with E-state index in [1.165, 1.54) is 18.7 Å². The van der Waals surface area contributed by atoms with Crippen LogP contribution in [0.25, 0.3) is 0 Å². The molecular formula is C28H28O6S. The van der Waals surface area contributed by atoms with E-state index < -0.39 is 29.6 Å². The van der Waals surface area contributed by atoms with Crippen molar-refractivity contribution in [3.05, 3.63) is 108 Å². The minimum absolute atomic E-state index is 0.208. The Morgan fingerprint density at radius 3 is 1.91 bits per heavy atom. The molecule has 0 saturated carbocycles. The van der Waals surface area contributed by atoms with E-state index in [2.05, 4.69) is 0 Å². The van der Waals surface area contributed by atoms with Gasteiger partial charge in [0.05, 0.1) is 30.6 Å². The van der Waals surface area contributed by atoms with Gasteiger partial charge in [-0.2, -0.15) is 0 Å². The van der Waals surface area contributed by atoms with Gasteiger partial charge >= 0.3 is 11.9 Å². The molecule has 1 unspecified atom stereocenters. The lowest BCUT2D eigenvalue weighted by molar-refractivity contribution is -0.150. The molecule has 182 valence electrons. The summed E-state index contributed by atoms with van der Waals surface area (Å²) in [5.74, 6) is -0.941. The van der Waals surface area contributed by atoms with Gasteiger partial charge in [0, 0.05) is 6.92 Å². The fraction of sp³-hybridized carbons (Fsp3) is 0.286. The van der Waals surface area contributed by atoms with E-state index in [0.717, 1.165) is 11.1 Å². The number of hydrogen-bond acceptors (Lipinski definition) is 7. The highest BCUT2D eigenvalue weighted by Gasteiger charge is 2.49. The molecule has 0 bridgehead atoms. The summed E-state index contributed by atoms with van der Waals surface area (Å²) in [4.78, 5) is 24.7. The van der Waals surface area contributed by atoms with Gasteiger partial charge in [-0.05, 0) is 23.3 Å². The van der Waals surface area contributed by atoms with Crippen molar-refractivity contribution >= 4 is 23.7 Å². The Bertz CT molecular complexity index is 1080. The molecule has 1 heterocycles. The van der Waals surface area contributed by atoms with Crippen molar-refractivity contribution in [3.8, 4) is 0 Å². The molecule has 0 aliphatic carbocycles. The highest BCUT2D eigenvalue weighted by molar-refractivity contribution is 8.00. The number of carbonyl (C=O) groups is 2. The third-order valence-electron chi connectivity index (χ3n) is 5.48. The van der Waals surface area contributed by atoms with Crippen LogP contribution in [0.3, 0.4) is 0 Å². The van der Waals surface area contributed by atoms with Gasteiger partial charge in [-0.25, -0.2) is 4.79 Å². The number of thioether (sulfide) groups is 1. The zero-order valence-corrected chi connectivity index (χ0v) is 20.3. The smallest absolute Gasteiger partial charge is 0.338 e. The lowest BCUT2D eigenvalue weighted by Gasteiger charge is -2.25. The van der Waals surface area contributed by atoms with Crippen LogP contribution in [-0.4, -0.2) is 41.4 Å². The Kier molecular flexibility index (Phi) is 8.95. The van der Waals surface area contributed by atoms with E-state index in [-0.39, 0.29) is 5.25 Å². The first-order valence-electron chi connectivity index (χ1n) is 11.5. The first kappa shape index (κ1) is 25.0. The topological polar surface area (TPSA) is 71.1 Å². The standard InChI is InChI=1S/C28H28O6S/c1-20(29)33-28-26(34-27(30)23-15-9-4-10-16-23)25(32-18-22-13-7-3-8-14-22)24(35-28)19-31-17-21-11-5-2-6-12-21/h2-16,24-26,28H,17-19H2,1H3/t24-,25-,26+,28?/m1/s1. The van der Waals surface area contributed by atoms with Crippen molar-refractivity contribution in [3.63, 3.8) is 0 Å². The molecule has 3 aromatic carbocycles. The Balaban J connectivity index is 1.51. The van der Waals surface area contributed by atoms with Crippen LogP contribution in [0.15, 0.2) is 91.0 Å². The monoisotopic (exact) mass is 492 g/mol. The van der Waals surface area contributed by atoms with Gasteiger partial charge in [0.1, 0.15) is 6.10 Å². The molecule has 6 nitrogen and oxygen atoms in total. The number of benzene rings is 3. The molecule has 35 heavy (non-hydrogen) atoms. The van der Waals surface area contributed by atoms with Gasteiger partial charge in [0.2, 0.25) is 0 Å². The summed E-state index contributed by atoms with van der Waals surface area (Å²) < 4.78 is 23.7. The highest BCUT2D eigenvalue weighted by atomic mass is 32.2. The second kappa shape index (κ2) is 12.5. The van der Waals surface area contributed by atoms with Crippen molar-refractivity contribution < 1.29 is 28.5 Å². The lowest BCUT2D eigenvalue weighted by atomic mass is 10.1. The number of ether oxygens (including phenoxy) is 4. The average Bonchev–Trinajstić information content (AvgIpc) is 3.19. The number of carbonyl (C=O) groups excluding carboxylic acids is 2. The molecule has 7 heteroatoms. The van der Waals surface area contributed by atoms with Crippen LogP contribution in [0, 0.1) is 0 Å². The van der Waals surface area contributed by atoms with Gasteiger partial charge in [0.25, 0.3) is 0 Å². The molecule has 4 rings (SSSR count). The molecule has 1 aliphatic heterocycles. The van der Waals surface area contributed by atoms with Crippen molar-refractivity contribution in [1.82, 2.24) is 0 Å². The molecule has 1 saturated heterocycles. The van der Waals surface area contributed by atoms with Crippen LogP contribution >= 0.6 is 11.8 Å². The van der Waals surface area contributed by atoms with E-state index in [0.29, 0.717) is 25.4 Å². The zero-order chi connectivity index (χ0) is 24.5. The van der Waals surface area contributed by atoms with E-state index in [9.17, 15) is 9.59 Å². The Morgan fingerprint density at radius 1 is 0.743 bits per heavy atom. The summed E-state index contributed by atoms with van der Waals surface area (Å²) in [7, 11) is 0. The van der Waals surface area contributed by atoms with Crippen LogP contribution < -0.4 is 0 Å². The molecule has 3 aromatic rings. The predicted octanol–water partition coefficient (Wildman–Crippen LogP) is 5.02. The lowest BCUT2D eigenvalue weighted by Crippen LogP contribution is -2.41. The summed E-state index contributed by atoms with van der Waals surface area (Å²) in [5.41, 5.74) is 1.77. The first-order chi connectivity index (χ1) is 17.1. The third kappa shape index (κ3) is 7.18. The minimum atomic E-state index is -0.786. The van der Waals surface area contributed by atoms with Crippen molar-refractivity contribution in [2.45, 2.75) is 43.0 Å². The molecule has 1 fully saturated rings. The normalized spacial score (nSPS) is 21.4. The van der Waals surface area contributed by atoms with Gasteiger partial charge < -0.3 is 18.9 Å². The summed E-state index contributed by atoms with van der Waals surface area (Å²) in [6.45, 7) is 2.45. The molecule has 4 atom stereocenters. The fourth-order valence-electron chi connectivity index (χ4n) is 3.81. The van der Waals surface area contributed by atoms with Crippen LogP contribution in [0.2, 0.25) is 0 Å². The summed E-state index contributed by atoms with van der Waals surface area (Å²) >= 11 is 1.39. The highest BCUT2D eigenvalue weighted by Crippen LogP contribution is 2.40.